The molecule has 1 aromatic heterocycles. The quantitative estimate of drug-likeness (QED) is 0.676. The molecule has 3 aromatic rings. The highest BCUT2D eigenvalue weighted by atomic mass is 16.5. The van der Waals surface area contributed by atoms with Crippen molar-refractivity contribution in [3.05, 3.63) is 53.6 Å². The van der Waals surface area contributed by atoms with Crippen molar-refractivity contribution < 1.29 is 24.0 Å². The Balaban J connectivity index is 1.86. The fourth-order valence-electron chi connectivity index (χ4n) is 4.20. The highest BCUT2D eigenvalue weighted by Gasteiger charge is 2.27. The summed E-state index contributed by atoms with van der Waals surface area (Å²) in [6.07, 6.45) is 2.32. The molecule has 0 amide bonds. The van der Waals surface area contributed by atoms with E-state index in [-0.39, 0.29) is 12.4 Å². The second-order valence-electron chi connectivity index (χ2n) is 7.92. The maximum absolute atomic E-state index is 12.9. The number of piperidine rings is 1. The minimum atomic E-state index is -0.445. The molecule has 0 unspecified atom stereocenters. The Morgan fingerprint density at radius 1 is 1.17 bits per heavy atom. The molecule has 4 rings (SSSR count). The van der Waals surface area contributed by atoms with Crippen molar-refractivity contribution >= 4 is 16.9 Å². The summed E-state index contributed by atoms with van der Waals surface area (Å²) < 4.78 is 11.5. The second-order valence-corrected chi connectivity index (χ2v) is 7.92. The zero-order chi connectivity index (χ0) is 20.4. The second kappa shape index (κ2) is 8.29. The molecule has 1 saturated heterocycles. The van der Waals surface area contributed by atoms with Crippen molar-refractivity contribution in [3.8, 4) is 17.1 Å². The summed E-state index contributed by atoms with van der Waals surface area (Å²) >= 11 is 0. The number of likely N-dealkylation sites (tertiary alicyclic amines) is 1. The van der Waals surface area contributed by atoms with Crippen LogP contribution in [0.25, 0.3) is 22.3 Å². The SMILES string of the molecule is CCOC(=O)c1c(-c2ccccc2)oc2ccc([O-])c(C[NH+]3CCC(C)CC3)c12. The molecule has 0 spiro atoms. The van der Waals surface area contributed by atoms with Crippen LogP contribution in [0.4, 0.5) is 0 Å². The van der Waals surface area contributed by atoms with Gasteiger partial charge in [0.15, 0.2) is 0 Å². The molecule has 0 aliphatic carbocycles. The number of hydrogen-bond donors (Lipinski definition) is 1. The largest absolute Gasteiger partial charge is 0.872 e. The summed E-state index contributed by atoms with van der Waals surface area (Å²) in [6, 6.07) is 12.7. The average Bonchev–Trinajstić information content (AvgIpc) is 3.12. The molecule has 29 heavy (non-hydrogen) atoms. The minimum Gasteiger partial charge on any atom is -0.872 e. The Morgan fingerprint density at radius 2 is 1.90 bits per heavy atom. The van der Waals surface area contributed by atoms with Crippen LogP contribution in [0.15, 0.2) is 46.9 Å². The van der Waals surface area contributed by atoms with Crippen LogP contribution in [-0.2, 0) is 11.3 Å². The smallest absolute Gasteiger partial charge is 0.342 e. The lowest BCUT2D eigenvalue weighted by molar-refractivity contribution is -0.919. The Kier molecular flexibility index (Phi) is 5.58. The molecular weight excluding hydrogens is 366 g/mol. The van der Waals surface area contributed by atoms with Crippen LogP contribution >= 0.6 is 0 Å². The Morgan fingerprint density at radius 3 is 2.59 bits per heavy atom. The lowest BCUT2D eigenvalue weighted by Gasteiger charge is -2.29. The number of benzene rings is 2. The van der Waals surface area contributed by atoms with Crippen molar-refractivity contribution in [2.45, 2.75) is 33.2 Å². The topological polar surface area (TPSA) is 66.9 Å². The van der Waals surface area contributed by atoms with Crippen molar-refractivity contribution in [1.82, 2.24) is 0 Å². The molecule has 1 fully saturated rings. The van der Waals surface area contributed by atoms with E-state index in [0.717, 1.165) is 37.4 Å². The van der Waals surface area contributed by atoms with E-state index in [4.69, 9.17) is 9.15 Å². The van der Waals surface area contributed by atoms with E-state index in [9.17, 15) is 9.90 Å². The van der Waals surface area contributed by atoms with Gasteiger partial charge in [-0.05, 0) is 31.7 Å². The van der Waals surface area contributed by atoms with Gasteiger partial charge in [-0.25, -0.2) is 4.79 Å². The van der Waals surface area contributed by atoms with Crippen LogP contribution < -0.4 is 10.0 Å². The number of rotatable bonds is 5. The van der Waals surface area contributed by atoms with Crippen LogP contribution in [0, 0.1) is 5.92 Å². The Bertz CT molecular complexity index is 1000. The van der Waals surface area contributed by atoms with Gasteiger partial charge in [0.05, 0.1) is 19.7 Å². The van der Waals surface area contributed by atoms with Gasteiger partial charge in [-0.15, -0.1) is 0 Å². The fraction of sp³-hybridized carbons (Fsp3) is 0.375. The molecule has 1 aliphatic rings. The van der Waals surface area contributed by atoms with E-state index in [1.807, 2.05) is 30.3 Å². The molecule has 1 aliphatic heterocycles. The molecule has 152 valence electrons. The van der Waals surface area contributed by atoms with Crippen LogP contribution in [0.3, 0.4) is 0 Å². The van der Waals surface area contributed by atoms with Crippen molar-refractivity contribution in [2.24, 2.45) is 5.92 Å². The van der Waals surface area contributed by atoms with Gasteiger partial charge in [0.1, 0.15) is 23.5 Å². The first-order chi connectivity index (χ1) is 14.1. The normalized spacial score (nSPS) is 19.4. The number of hydrogen-bond acceptors (Lipinski definition) is 4. The standard InChI is InChI=1S/C24H27NO4/c1-3-28-24(27)22-21-18(15-25-13-11-16(2)12-14-25)19(26)9-10-20(21)29-23(22)17-7-5-4-6-8-17/h4-10,16,26H,3,11-15H2,1-2H3. The maximum atomic E-state index is 12.9. The maximum Gasteiger partial charge on any atom is 0.342 e. The van der Waals surface area contributed by atoms with Gasteiger partial charge in [-0.1, -0.05) is 49.1 Å². The number of fused-ring (bicyclic) bond motifs is 1. The first-order valence-electron chi connectivity index (χ1n) is 10.4. The molecule has 0 radical (unpaired) electrons. The predicted molar refractivity (Wildman–Crippen MR) is 110 cm³/mol. The number of nitrogens with one attached hydrogen (secondary N) is 1. The third kappa shape index (κ3) is 3.87. The Hall–Kier alpha value is -2.79. The summed E-state index contributed by atoms with van der Waals surface area (Å²) in [4.78, 5) is 14.3. The minimum absolute atomic E-state index is 0.0467. The molecule has 5 heteroatoms. The van der Waals surface area contributed by atoms with E-state index in [1.54, 1.807) is 19.1 Å². The highest BCUT2D eigenvalue weighted by Crippen LogP contribution is 2.38. The first-order valence-corrected chi connectivity index (χ1v) is 10.4. The number of ether oxygens (including phenoxy) is 1. The van der Waals surface area contributed by atoms with Gasteiger partial charge in [0.25, 0.3) is 0 Å². The molecule has 0 saturated carbocycles. The predicted octanol–water partition coefficient (Wildman–Crippen LogP) is 3.16. The van der Waals surface area contributed by atoms with E-state index in [1.165, 1.54) is 4.90 Å². The van der Waals surface area contributed by atoms with Gasteiger partial charge in [0.2, 0.25) is 0 Å². The van der Waals surface area contributed by atoms with Crippen LogP contribution in [-0.4, -0.2) is 25.7 Å². The van der Waals surface area contributed by atoms with Crippen molar-refractivity contribution in [2.75, 3.05) is 19.7 Å². The van der Waals surface area contributed by atoms with Gasteiger partial charge in [0, 0.05) is 16.5 Å². The summed E-state index contributed by atoms with van der Waals surface area (Å²) in [6.45, 7) is 6.99. The molecular formula is C24H27NO4. The number of esters is 1. The number of carbonyl (C=O) groups is 1. The van der Waals surface area contributed by atoms with Gasteiger partial charge >= 0.3 is 5.97 Å². The van der Waals surface area contributed by atoms with Gasteiger partial charge in [-0.2, -0.15) is 0 Å². The van der Waals surface area contributed by atoms with Crippen LogP contribution in [0.5, 0.6) is 5.75 Å². The lowest BCUT2D eigenvalue weighted by Crippen LogP contribution is -3.11. The summed E-state index contributed by atoms with van der Waals surface area (Å²) in [7, 11) is 0. The fourth-order valence-corrected chi connectivity index (χ4v) is 4.20. The first kappa shape index (κ1) is 19.5. The molecule has 2 heterocycles. The number of furan rings is 1. The zero-order valence-electron chi connectivity index (χ0n) is 17.0. The average molecular weight is 393 g/mol. The third-order valence-corrected chi connectivity index (χ3v) is 5.84. The van der Waals surface area contributed by atoms with E-state index in [0.29, 0.717) is 34.4 Å². The molecule has 1 N–H and O–H groups in total. The zero-order valence-corrected chi connectivity index (χ0v) is 17.0. The number of carbonyl (C=O) groups excluding carboxylic acids is 1. The van der Waals surface area contributed by atoms with E-state index >= 15 is 0 Å². The number of quaternary nitrogens is 1. The van der Waals surface area contributed by atoms with Gasteiger partial charge in [-0.3, -0.25) is 0 Å². The molecule has 0 bridgehead atoms. The third-order valence-electron chi connectivity index (χ3n) is 5.84. The summed E-state index contributed by atoms with van der Waals surface area (Å²) in [5.74, 6) is 0.705. The van der Waals surface area contributed by atoms with E-state index < -0.39 is 5.97 Å². The van der Waals surface area contributed by atoms with Crippen LogP contribution in [0.1, 0.15) is 42.6 Å². The molecule has 2 aromatic carbocycles. The summed E-state index contributed by atoms with van der Waals surface area (Å²) in [5.41, 5.74) is 2.38. The van der Waals surface area contributed by atoms with Crippen molar-refractivity contribution in [3.63, 3.8) is 0 Å². The Labute approximate surface area is 170 Å². The monoisotopic (exact) mass is 393 g/mol. The molecule has 0 atom stereocenters. The summed E-state index contributed by atoms with van der Waals surface area (Å²) in [5, 5.41) is 13.5. The van der Waals surface area contributed by atoms with E-state index in [2.05, 4.69) is 6.92 Å². The van der Waals surface area contributed by atoms with Crippen molar-refractivity contribution in [1.29, 1.82) is 0 Å². The van der Waals surface area contributed by atoms with Gasteiger partial charge < -0.3 is 19.2 Å². The van der Waals surface area contributed by atoms with Crippen LogP contribution in [0.2, 0.25) is 0 Å². The highest BCUT2D eigenvalue weighted by molar-refractivity contribution is 6.10. The molecule has 5 nitrogen and oxygen atoms in total. The lowest BCUT2D eigenvalue weighted by atomic mass is 9.97.